The Hall–Kier alpha value is -2.50. The lowest BCUT2D eigenvalue weighted by Gasteiger charge is -2.40. The van der Waals surface area contributed by atoms with Gasteiger partial charge < -0.3 is 10.2 Å². The van der Waals surface area contributed by atoms with Gasteiger partial charge in [0.25, 0.3) is 0 Å². The first-order valence-electron chi connectivity index (χ1n) is 8.24. The van der Waals surface area contributed by atoms with Crippen molar-refractivity contribution < 1.29 is 9.18 Å². The molecule has 5 nitrogen and oxygen atoms in total. The van der Waals surface area contributed by atoms with Crippen molar-refractivity contribution in [3.63, 3.8) is 0 Å². The highest BCUT2D eigenvalue weighted by Gasteiger charge is 2.43. The SMILES string of the molecule is O=C1NCc2ccccc2CC12CCN(c1ncc(F)cn1)CC2. The summed E-state index contributed by atoms with van der Waals surface area (Å²) in [5.74, 6) is 0.228. The second kappa shape index (κ2) is 5.85. The Morgan fingerprint density at radius 1 is 1.08 bits per heavy atom. The smallest absolute Gasteiger partial charge is 0.226 e. The van der Waals surface area contributed by atoms with E-state index in [-0.39, 0.29) is 11.3 Å². The number of carbonyl (C=O) groups excluding carboxylic acids is 1. The minimum absolute atomic E-state index is 0.137. The Labute approximate surface area is 139 Å². The van der Waals surface area contributed by atoms with E-state index in [0.29, 0.717) is 25.6 Å². The molecule has 1 spiro atoms. The van der Waals surface area contributed by atoms with E-state index < -0.39 is 5.82 Å². The maximum atomic E-state index is 13.0. The van der Waals surface area contributed by atoms with Crippen LogP contribution in [0.4, 0.5) is 10.3 Å². The monoisotopic (exact) mass is 326 g/mol. The van der Waals surface area contributed by atoms with Gasteiger partial charge in [0.1, 0.15) is 0 Å². The molecule has 6 heteroatoms. The van der Waals surface area contributed by atoms with E-state index in [2.05, 4.69) is 27.4 Å². The van der Waals surface area contributed by atoms with E-state index in [4.69, 9.17) is 0 Å². The maximum absolute atomic E-state index is 13.0. The van der Waals surface area contributed by atoms with Gasteiger partial charge in [-0.1, -0.05) is 24.3 Å². The third-order valence-electron chi connectivity index (χ3n) is 5.18. The topological polar surface area (TPSA) is 58.1 Å². The average molecular weight is 326 g/mol. The van der Waals surface area contributed by atoms with E-state index in [0.717, 1.165) is 19.3 Å². The summed E-state index contributed by atoms with van der Waals surface area (Å²) in [4.78, 5) is 22.9. The minimum Gasteiger partial charge on any atom is -0.352 e. The first kappa shape index (κ1) is 15.1. The fourth-order valence-electron chi connectivity index (χ4n) is 3.72. The molecule has 0 bridgehead atoms. The predicted octanol–water partition coefficient (Wildman–Crippen LogP) is 2.07. The summed E-state index contributed by atoms with van der Waals surface area (Å²) >= 11 is 0. The van der Waals surface area contributed by atoms with Crippen molar-refractivity contribution in [1.82, 2.24) is 15.3 Å². The summed E-state index contributed by atoms with van der Waals surface area (Å²) in [7, 11) is 0. The van der Waals surface area contributed by atoms with Crippen LogP contribution >= 0.6 is 0 Å². The van der Waals surface area contributed by atoms with Crippen molar-refractivity contribution in [2.45, 2.75) is 25.8 Å². The predicted molar refractivity (Wildman–Crippen MR) is 87.9 cm³/mol. The molecule has 1 N–H and O–H groups in total. The van der Waals surface area contributed by atoms with Crippen molar-refractivity contribution in [1.29, 1.82) is 0 Å². The average Bonchev–Trinajstić information content (AvgIpc) is 2.74. The van der Waals surface area contributed by atoms with E-state index in [1.54, 1.807) is 0 Å². The van der Waals surface area contributed by atoms with E-state index >= 15 is 0 Å². The lowest BCUT2D eigenvalue weighted by Crippen LogP contribution is -2.49. The number of benzene rings is 1. The van der Waals surface area contributed by atoms with E-state index in [9.17, 15) is 9.18 Å². The number of nitrogens with one attached hydrogen (secondary N) is 1. The van der Waals surface area contributed by atoms with Crippen LogP contribution in [-0.2, 0) is 17.8 Å². The number of nitrogens with zero attached hydrogens (tertiary/aromatic N) is 3. The Morgan fingerprint density at radius 3 is 2.46 bits per heavy atom. The highest BCUT2D eigenvalue weighted by molar-refractivity contribution is 5.84. The largest absolute Gasteiger partial charge is 0.352 e. The molecular weight excluding hydrogens is 307 g/mol. The van der Waals surface area contributed by atoms with Gasteiger partial charge in [0.05, 0.1) is 17.8 Å². The minimum atomic E-state index is -0.438. The lowest BCUT2D eigenvalue weighted by atomic mass is 9.73. The molecule has 4 rings (SSSR count). The highest BCUT2D eigenvalue weighted by Crippen LogP contribution is 2.38. The third-order valence-corrected chi connectivity index (χ3v) is 5.18. The highest BCUT2D eigenvalue weighted by atomic mass is 19.1. The zero-order valence-electron chi connectivity index (χ0n) is 13.3. The molecule has 1 aromatic heterocycles. The Morgan fingerprint density at radius 2 is 1.75 bits per heavy atom. The summed E-state index contributed by atoms with van der Waals surface area (Å²) in [5, 5.41) is 3.09. The van der Waals surface area contributed by atoms with Gasteiger partial charge in [-0.15, -0.1) is 0 Å². The number of piperidine rings is 1. The summed E-state index contributed by atoms with van der Waals surface area (Å²) in [6.07, 6.45) is 4.62. The van der Waals surface area contributed by atoms with Gasteiger partial charge in [0.15, 0.2) is 5.82 Å². The second-order valence-corrected chi connectivity index (χ2v) is 6.60. The molecule has 3 heterocycles. The Balaban J connectivity index is 1.54. The van der Waals surface area contributed by atoms with Crippen molar-refractivity contribution in [2.24, 2.45) is 5.41 Å². The van der Waals surface area contributed by atoms with Gasteiger partial charge in [-0.2, -0.15) is 0 Å². The van der Waals surface area contributed by atoms with Crippen molar-refractivity contribution >= 4 is 11.9 Å². The van der Waals surface area contributed by atoms with Crippen LogP contribution in [0.2, 0.25) is 0 Å². The molecule has 124 valence electrons. The quantitative estimate of drug-likeness (QED) is 0.872. The first-order chi connectivity index (χ1) is 11.7. The summed E-state index contributed by atoms with van der Waals surface area (Å²) < 4.78 is 13.0. The van der Waals surface area contributed by atoms with E-state index in [1.807, 2.05) is 17.0 Å². The standard InChI is InChI=1S/C18H19FN4O/c19-15-11-21-17(22-12-15)23-7-5-18(6-8-23)9-13-3-1-2-4-14(13)10-20-16(18)24/h1-4,11-12H,5-10H2,(H,20,24). The Bertz CT molecular complexity index is 754. The van der Waals surface area contributed by atoms with Crippen molar-refractivity contribution in [3.05, 3.63) is 53.6 Å². The van der Waals surface area contributed by atoms with Crippen LogP contribution in [0.3, 0.4) is 0 Å². The molecule has 1 fully saturated rings. The fourth-order valence-corrected chi connectivity index (χ4v) is 3.72. The molecule has 1 aromatic carbocycles. The molecule has 24 heavy (non-hydrogen) atoms. The Kier molecular flexibility index (Phi) is 3.67. The number of halogens is 1. The second-order valence-electron chi connectivity index (χ2n) is 6.60. The van der Waals surface area contributed by atoms with Crippen LogP contribution in [-0.4, -0.2) is 29.0 Å². The van der Waals surface area contributed by atoms with Crippen LogP contribution in [0.5, 0.6) is 0 Å². The van der Waals surface area contributed by atoms with Gasteiger partial charge in [0.2, 0.25) is 11.9 Å². The number of aromatic nitrogens is 2. The molecule has 0 radical (unpaired) electrons. The summed E-state index contributed by atoms with van der Waals surface area (Å²) in [6.45, 7) is 1.99. The molecule has 0 saturated carbocycles. The van der Waals surface area contributed by atoms with Crippen LogP contribution in [0, 0.1) is 11.2 Å². The molecule has 2 aliphatic heterocycles. The zero-order chi connectivity index (χ0) is 16.6. The van der Waals surface area contributed by atoms with Crippen LogP contribution in [0.1, 0.15) is 24.0 Å². The fraction of sp³-hybridized carbons (Fsp3) is 0.389. The number of hydrogen-bond donors (Lipinski definition) is 1. The number of amides is 1. The van der Waals surface area contributed by atoms with Gasteiger partial charge in [-0.05, 0) is 30.4 Å². The van der Waals surface area contributed by atoms with E-state index in [1.165, 1.54) is 23.5 Å². The molecule has 1 saturated heterocycles. The number of anilines is 1. The first-order valence-corrected chi connectivity index (χ1v) is 8.24. The summed E-state index contributed by atoms with van der Waals surface area (Å²) in [6, 6.07) is 8.24. The molecule has 0 atom stereocenters. The maximum Gasteiger partial charge on any atom is 0.226 e. The lowest BCUT2D eigenvalue weighted by molar-refractivity contribution is -0.132. The molecule has 2 aliphatic rings. The van der Waals surface area contributed by atoms with Crippen molar-refractivity contribution in [2.75, 3.05) is 18.0 Å². The normalized spacial score (nSPS) is 19.5. The summed E-state index contributed by atoms with van der Waals surface area (Å²) in [5.41, 5.74) is 2.08. The number of fused-ring (bicyclic) bond motifs is 1. The van der Waals surface area contributed by atoms with Gasteiger partial charge in [0, 0.05) is 19.6 Å². The van der Waals surface area contributed by atoms with Crippen LogP contribution in [0.15, 0.2) is 36.7 Å². The molecule has 2 aromatic rings. The number of carbonyl (C=O) groups is 1. The van der Waals surface area contributed by atoms with Gasteiger partial charge in [-0.3, -0.25) is 4.79 Å². The van der Waals surface area contributed by atoms with Crippen LogP contribution in [0.25, 0.3) is 0 Å². The molecule has 1 amide bonds. The van der Waals surface area contributed by atoms with Crippen molar-refractivity contribution in [3.8, 4) is 0 Å². The number of rotatable bonds is 1. The zero-order valence-corrected chi connectivity index (χ0v) is 13.3. The molecule has 0 unspecified atom stereocenters. The van der Waals surface area contributed by atoms with Crippen LogP contribution < -0.4 is 10.2 Å². The molecular formula is C18H19FN4O. The molecule has 0 aliphatic carbocycles. The van der Waals surface area contributed by atoms with Gasteiger partial charge >= 0.3 is 0 Å². The number of hydrogen-bond acceptors (Lipinski definition) is 4. The van der Waals surface area contributed by atoms with Gasteiger partial charge in [-0.25, -0.2) is 14.4 Å². The third kappa shape index (κ3) is 2.62.